The molecule has 2 heterocycles. The Morgan fingerprint density at radius 3 is 1.57 bits per heavy atom. The highest BCUT2D eigenvalue weighted by atomic mass is 16.7. The number of hydrogen-bond donors (Lipinski definition) is 7. The quantitative estimate of drug-likeness (QED) is 0.0152. The van der Waals surface area contributed by atoms with Crippen LogP contribution in [-0.2, 0) is 38.0 Å². The second-order valence-electron chi connectivity index (χ2n) is 17.0. The van der Waals surface area contributed by atoms with Gasteiger partial charge < -0.3 is 64.2 Å². The highest BCUT2D eigenvalue weighted by Crippen LogP contribution is 2.26. The van der Waals surface area contributed by atoms with E-state index in [4.69, 9.17) is 28.4 Å². The lowest BCUT2D eigenvalue weighted by atomic mass is 9.98. The van der Waals surface area contributed by atoms with E-state index in [0.29, 0.717) is 12.8 Å². The van der Waals surface area contributed by atoms with Crippen molar-refractivity contribution >= 4 is 11.9 Å². The molecule has 15 heteroatoms. The summed E-state index contributed by atoms with van der Waals surface area (Å²) in [4.78, 5) is 25.7. The molecule has 7 N–H and O–H groups in total. The highest BCUT2D eigenvalue weighted by Gasteiger charge is 2.47. The number of aliphatic hydroxyl groups excluding tert-OH is 7. The molecule has 0 aromatic heterocycles. The Bertz CT molecular complexity index is 1550. The summed E-state index contributed by atoms with van der Waals surface area (Å²) >= 11 is 0. The van der Waals surface area contributed by atoms with Crippen LogP contribution in [0.4, 0.5) is 0 Å². The average molecular weight is 961 g/mol. The Morgan fingerprint density at radius 2 is 0.956 bits per heavy atom. The van der Waals surface area contributed by atoms with Crippen molar-refractivity contribution in [2.75, 3.05) is 26.4 Å². The average Bonchev–Trinajstić information content (AvgIpc) is 3.33. The fourth-order valence-corrected chi connectivity index (χ4v) is 7.10. The second kappa shape index (κ2) is 39.2. The largest absolute Gasteiger partial charge is 0.462 e. The number of ether oxygens (including phenoxy) is 6. The van der Waals surface area contributed by atoms with Gasteiger partial charge in [-0.2, -0.15) is 0 Å². The topological polar surface area (TPSA) is 231 Å². The van der Waals surface area contributed by atoms with Crippen molar-refractivity contribution in [3.8, 4) is 0 Å². The number of carbonyl (C=O) groups excluding carboxylic acids is 2. The maximum absolute atomic E-state index is 13.0. The van der Waals surface area contributed by atoms with Gasteiger partial charge in [0.1, 0.15) is 55.4 Å². The normalized spacial score (nSPS) is 26.6. The van der Waals surface area contributed by atoms with Crippen LogP contribution in [0.5, 0.6) is 0 Å². The summed E-state index contributed by atoms with van der Waals surface area (Å²) in [5.74, 6) is -0.999. The molecule has 2 aliphatic rings. The molecule has 0 spiro atoms. The predicted molar refractivity (Wildman–Crippen MR) is 261 cm³/mol. The minimum atomic E-state index is -1.78. The van der Waals surface area contributed by atoms with Gasteiger partial charge in [0.15, 0.2) is 18.7 Å². The van der Waals surface area contributed by atoms with E-state index >= 15 is 0 Å². The van der Waals surface area contributed by atoms with E-state index in [9.17, 15) is 45.3 Å². The Kier molecular flexibility index (Phi) is 34.9. The van der Waals surface area contributed by atoms with Crippen LogP contribution in [-0.4, -0.2) is 142 Å². The fraction of sp³-hybridized carbons (Fsp3) is 0.660. The molecule has 11 atom stereocenters. The highest BCUT2D eigenvalue weighted by molar-refractivity contribution is 5.70. The Balaban J connectivity index is 1.83. The van der Waals surface area contributed by atoms with Gasteiger partial charge in [0.05, 0.1) is 19.8 Å². The van der Waals surface area contributed by atoms with Crippen LogP contribution < -0.4 is 0 Å². The van der Waals surface area contributed by atoms with Crippen LogP contribution in [0.25, 0.3) is 0 Å². The van der Waals surface area contributed by atoms with Crippen molar-refractivity contribution in [2.24, 2.45) is 0 Å². The maximum Gasteiger partial charge on any atom is 0.306 e. The zero-order valence-corrected chi connectivity index (χ0v) is 40.5. The van der Waals surface area contributed by atoms with Crippen molar-refractivity contribution in [3.63, 3.8) is 0 Å². The molecule has 68 heavy (non-hydrogen) atoms. The molecule has 0 aliphatic carbocycles. The van der Waals surface area contributed by atoms with Crippen molar-refractivity contribution in [1.82, 2.24) is 0 Å². The molecule has 0 amide bonds. The van der Waals surface area contributed by atoms with Crippen LogP contribution in [0.2, 0.25) is 0 Å². The molecule has 2 rings (SSSR count). The summed E-state index contributed by atoms with van der Waals surface area (Å²) in [5, 5.41) is 72.0. The first kappa shape index (κ1) is 60.5. The zero-order chi connectivity index (χ0) is 49.6. The number of esters is 2. The van der Waals surface area contributed by atoms with E-state index in [1.807, 2.05) is 36.5 Å². The third kappa shape index (κ3) is 27.0. The van der Waals surface area contributed by atoms with E-state index in [2.05, 4.69) is 74.6 Å². The van der Waals surface area contributed by atoms with Crippen LogP contribution in [0.15, 0.2) is 97.2 Å². The maximum atomic E-state index is 13.0. The summed E-state index contributed by atoms with van der Waals surface area (Å²) in [6.07, 6.45) is 31.6. The first-order valence-electron chi connectivity index (χ1n) is 24.9. The van der Waals surface area contributed by atoms with Gasteiger partial charge >= 0.3 is 11.9 Å². The summed E-state index contributed by atoms with van der Waals surface area (Å²) in [6, 6.07) is 0. The number of unbranched alkanes of at least 4 members (excludes halogenated alkanes) is 9. The molecule has 0 aromatic rings. The smallest absolute Gasteiger partial charge is 0.306 e. The van der Waals surface area contributed by atoms with Gasteiger partial charge in [0.25, 0.3) is 0 Å². The number of rotatable bonds is 36. The molecular formula is C53H84O15. The molecule has 2 saturated heterocycles. The van der Waals surface area contributed by atoms with Gasteiger partial charge in [-0.25, -0.2) is 0 Å². The van der Waals surface area contributed by atoms with Gasteiger partial charge in [0, 0.05) is 12.8 Å². The summed E-state index contributed by atoms with van der Waals surface area (Å²) in [6.45, 7) is 2.24. The van der Waals surface area contributed by atoms with Gasteiger partial charge in [0.2, 0.25) is 0 Å². The van der Waals surface area contributed by atoms with Crippen molar-refractivity contribution < 1.29 is 73.8 Å². The second-order valence-corrected chi connectivity index (χ2v) is 17.0. The van der Waals surface area contributed by atoms with Gasteiger partial charge in [-0.1, -0.05) is 143 Å². The molecule has 2 aliphatic heterocycles. The van der Waals surface area contributed by atoms with Crippen LogP contribution >= 0.6 is 0 Å². The van der Waals surface area contributed by atoms with Crippen molar-refractivity contribution in [3.05, 3.63) is 97.2 Å². The Morgan fingerprint density at radius 1 is 0.485 bits per heavy atom. The van der Waals surface area contributed by atoms with E-state index < -0.39 is 99.3 Å². The number of aliphatic hydroxyl groups is 7. The minimum absolute atomic E-state index is 0.110. The summed E-state index contributed by atoms with van der Waals surface area (Å²) < 4.78 is 33.5. The van der Waals surface area contributed by atoms with Crippen molar-refractivity contribution in [2.45, 2.75) is 197 Å². The number of carbonyl (C=O) groups is 2. The molecular weight excluding hydrogens is 877 g/mol. The SMILES string of the molecule is CC/C=C/C=C/C=C/C=C/CCCCCC(=O)OC(COC(=O)CCCCCCCC/C=C/C/C=C/C/C=C/C/C=C/CC)CO[C@@H]1O[C@H](CO[C@@H]2O[C@H](CO)[C@H](O)C(O)C2O)[C@H](O)C(O)C1O. The lowest BCUT2D eigenvalue weighted by Gasteiger charge is -2.42. The standard InChI is InChI=1S/C53H84O15/c1-3-5-7-9-11-13-15-17-18-19-20-21-22-24-25-27-29-31-33-35-44(55)63-38-41(66-45(56)36-34-32-30-28-26-23-16-14-12-10-8-6-4-2)39-64-52-51(62)49(60)47(58)43(68-52)40-65-53-50(61)48(59)46(57)42(37-54)67-53/h5-8,10-14,16-18,20-21,23,26,41-43,46-54,57-62H,3-4,9,15,19,22,24-25,27-40H2,1-2H3/b7-5+,8-6+,12-10+,13-11+,16-14+,18-17+,21-20+,26-23+/t41?,42-,43-,46+,47+,48?,49?,50?,51?,52-,53-/m1/s1. The third-order valence-electron chi connectivity index (χ3n) is 11.2. The summed E-state index contributed by atoms with van der Waals surface area (Å²) in [5.41, 5.74) is 0. The molecule has 0 aromatic carbocycles. The van der Waals surface area contributed by atoms with Crippen LogP contribution in [0.3, 0.4) is 0 Å². The molecule has 0 radical (unpaired) electrons. The Labute approximate surface area is 405 Å². The zero-order valence-electron chi connectivity index (χ0n) is 40.5. The molecule has 2 fully saturated rings. The van der Waals surface area contributed by atoms with Gasteiger partial charge in [-0.3, -0.25) is 9.59 Å². The van der Waals surface area contributed by atoms with E-state index in [1.54, 1.807) is 0 Å². The van der Waals surface area contributed by atoms with Crippen LogP contribution in [0, 0.1) is 0 Å². The van der Waals surface area contributed by atoms with Crippen molar-refractivity contribution in [1.29, 1.82) is 0 Å². The third-order valence-corrected chi connectivity index (χ3v) is 11.2. The first-order chi connectivity index (χ1) is 33.0. The van der Waals surface area contributed by atoms with E-state index in [0.717, 1.165) is 89.9 Å². The van der Waals surface area contributed by atoms with E-state index in [1.165, 1.54) is 0 Å². The monoisotopic (exact) mass is 961 g/mol. The molecule has 0 bridgehead atoms. The lowest BCUT2D eigenvalue weighted by molar-refractivity contribution is -0.332. The lowest BCUT2D eigenvalue weighted by Crippen LogP contribution is -2.61. The molecule has 386 valence electrons. The van der Waals surface area contributed by atoms with Gasteiger partial charge in [-0.15, -0.1) is 0 Å². The number of allylic oxidation sites excluding steroid dienone is 16. The van der Waals surface area contributed by atoms with E-state index in [-0.39, 0.29) is 19.4 Å². The number of hydrogen-bond acceptors (Lipinski definition) is 15. The molecule has 15 nitrogen and oxygen atoms in total. The Hall–Kier alpha value is -3.58. The van der Waals surface area contributed by atoms with Gasteiger partial charge in [-0.05, 0) is 70.6 Å². The molecule has 0 saturated carbocycles. The summed E-state index contributed by atoms with van der Waals surface area (Å²) in [7, 11) is 0. The molecule has 5 unspecified atom stereocenters. The first-order valence-corrected chi connectivity index (χ1v) is 24.9. The van der Waals surface area contributed by atoms with Crippen LogP contribution in [0.1, 0.15) is 129 Å². The minimum Gasteiger partial charge on any atom is -0.462 e. The predicted octanol–water partition coefficient (Wildman–Crippen LogP) is 6.59. The fourth-order valence-electron chi connectivity index (χ4n) is 7.10.